The molecule has 0 spiro atoms. The number of halogens is 1. The topological polar surface area (TPSA) is 41.1 Å². The van der Waals surface area contributed by atoms with E-state index in [9.17, 15) is 4.79 Å². The van der Waals surface area contributed by atoms with Gasteiger partial charge in [0.2, 0.25) is 5.91 Å². The third-order valence-electron chi connectivity index (χ3n) is 6.33. The summed E-state index contributed by atoms with van der Waals surface area (Å²) in [7, 11) is 0. The summed E-state index contributed by atoms with van der Waals surface area (Å²) < 4.78 is 1.07. The van der Waals surface area contributed by atoms with Gasteiger partial charge in [0.1, 0.15) is 0 Å². The van der Waals surface area contributed by atoms with Gasteiger partial charge in [-0.1, -0.05) is 47.3 Å². The molecule has 4 heteroatoms. The fourth-order valence-corrected chi connectivity index (χ4v) is 5.49. The van der Waals surface area contributed by atoms with Crippen LogP contribution in [0.15, 0.2) is 28.7 Å². The van der Waals surface area contributed by atoms with E-state index in [4.69, 9.17) is 0 Å². The van der Waals surface area contributed by atoms with Gasteiger partial charge in [-0.25, -0.2) is 0 Å². The van der Waals surface area contributed by atoms with Gasteiger partial charge in [0.15, 0.2) is 0 Å². The number of carbonyl (C=O) groups is 1. The van der Waals surface area contributed by atoms with Gasteiger partial charge in [-0.05, 0) is 56.2 Å². The second-order valence-corrected chi connectivity index (χ2v) is 8.85. The highest BCUT2D eigenvalue weighted by Gasteiger charge is 2.43. The summed E-state index contributed by atoms with van der Waals surface area (Å²) in [6.45, 7) is 0. The van der Waals surface area contributed by atoms with Crippen LogP contribution in [0.5, 0.6) is 0 Å². The Bertz CT molecular complexity index is 599. The summed E-state index contributed by atoms with van der Waals surface area (Å²) in [5, 5.41) is 7.12. The number of nitrogens with one attached hydrogen (secondary N) is 2. The summed E-state index contributed by atoms with van der Waals surface area (Å²) in [4.78, 5) is 13.4. The molecule has 3 nitrogen and oxygen atoms in total. The maximum atomic E-state index is 13.4. The first-order valence-electron chi connectivity index (χ1n) is 9.49. The zero-order chi connectivity index (χ0) is 16.6. The highest BCUT2D eigenvalue weighted by Crippen LogP contribution is 2.41. The van der Waals surface area contributed by atoms with E-state index >= 15 is 0 Å². The Morgan fingerprint density at radius 1 is 1.12 bits per heavy atom. The van der Waals surface area contributed by atoms with Crippen molar-refractivity contribution in [2.75, 3.05) is 0 Å². The predicted octanol–water partition coefficient (Wildman–Crippen LogP) is 4.05. The Morgan fingerprint density at radius 2 is 1.83 bits per heavy atom. The van der Waals surface area contributed by atoms with E-state index in [0.717, 1.165) is 43.0 Å². The highest BCUT2D eigenvalue weighted by molar-refractivity contribution is 9.10. The van der Waals surface area contributed by atoms with Crippen molar-refractivity contribution in [2.24, 2.45) is 0 Å². The minimum atomic E-state index is -0.327. The van der Waals surface area contributed by atoms with Crippen molar-refractivity contribution >= 4 is 21.8 Å². The molecular weight excluding hydrogens is 364 g/mol. The normalized spacial score (nSPS) is 31.6. The molecule has 2 N–H and O–H groups in total. The Balaban J connectivity index is 1.55. The molecule has 1 amide bonds. The van der Waals surface area contributed by atoms with E-state index in [1.165, 1.54) is 24.8 Å². The van der Waals surface area contributed by atoms with Crippen LogP contribution in [0.25, 0.3) is 0 Å². The second-order valence-electron chi connectivity index (χ2n) is 7.93. The van der Waals surface area contributed by atoms with E-state index < -0.39 is 0 Å². The molecule has 2 atom stereocenters. The summed E-state index contributed by atoms with van der Waals surface area (Å²) in [6.07, 6.45) is 10.2. The molecule has 130 valence electrons. The molecule has 2 bridgehead atoms. The molecule has 2 unspecified atom stereocenters. The minimum absolute atomic E-state index is 0.270. The average Bonchev–Trinajstić information content (AvgIpc) is 2.94. The molecular formula is C20H27BrN2O. The zero-order valence-electron chi connectivity index (χ0n) is 14.2. The molecule has 2 heterocycles. The van der Waals surface area contributed by atoms with Crippen LogP contribution in [0.3, 0.4) is 0 Å². The SMILES string of the molecule is O=C(NC1CC2CCC(C1)N2)C1(c2cccc(Br)c2)CCCCC1. The average molecular weight is 391 g/mol. The minimum Gasteiger partial charge on any atom is -0.352 e. The van der Waals surface area contributed by atoms with E-state index in [1.807, 2.05) is 6.07 Å². The largest absolute Gasteiger partial charge is 0.352 e. The first-order chi connectivity index (χ1) is 11.7. The fraction of sp³-hybridized carbons (Fsp3) is 0.650. The van der Waals surface area contributed by atoms with Gasteiger partial charge in [-0.3, -0.25) is 4.79 Å². The molecule has 4 rings (SSSR count). The van der Waals surface area contributed by atoms with Gasteiger partial charge in [0.05, 0.1) is 5.41 Å². The molecule has 2 saturated heterocycles. The van der Waals surface area contributed by atoms with E-state index in [0.29, 0.717) is 18.1 Å². The monoisotopic (exact) mass is 390 g/mol. The molecule has 3 fully saturated rings. The third-order valence-corrected chi connectivity index (χ3v) is 6.82. The Hall–Kier alpha value is -0.870. The van der Waals surface area contributed by atoms with Crippen LogP contribution in [0, 0.1) is 0 Å². The van der Waals surface area contributed by atoms with Crippen molar-refractivity contribution in [2.45, 2.75) is 81.3 Å². The van der Waals surface area contributed by atoms with Crippen molar-refractivity contribution in [3.8, 4) is 0 Å². The lowest BCUT2D eigenvalue weighted by molar-refractivity contribution is -0.129. The molecule has 2 aliphatic heterocycles. The number of fused-ring (bicyclic) bond motifs is 2. The second kappa shape index (κ2) is 6.80. The molecule has 24 heavy (non-hydrogen) atoms. The number of carbonyl (C=O) groups excluding carboxylic acids is 1. The van der Waals surface area contributed by atoms with Crippen molar-refractivity contribution in [1.29, 1.82) is 0 Å². The van der Waals surface area contributed by atoms with Gasteiger partial charge in [-0.2, -0.15) is 0 Å². The van der Waals surface area contributed by atoms with E-state index in [-0.39, 0.29) is 11.3 Å². The van der Waals surface area contributed by atoms with Gasteiger partial charge in [0, 0.05) is 22.6 Å². The summed E-state index contributed by atoms with van der Waals surface area (Å²) in [6, 6.07) is 9.97. The van der Waals surface area contributed by atoms with Crippen LogP contribution >= 0.6 is 15.9 Å². The third kappa shape index (κ3) is 3.15. The number of rotatable bonds is 3. The van der Waals surface area contributed by atoms with Crippen molar-refractivity contribution in [3.05, 3.63) is 34.3 Å². The number of amides is 1. The maximum Gasteiger partial charge on any atom is 0.230 e. The number of hydrogen-bond acceptors (Lipinski definition) is 2. The van der Waals surface area contributed by atoms with Crippen LogP contribution in [0.4, 0.5) is 0 Å². The van der Waals surface area contributed by atoms with Crippen LogP contribution in [-0.4, -0.2) is 24.0 Å². The van der Waals surface area contributed by atoms with Crippen LogP contribution < -0.4 is 10.6 Å². The van der Waals surface area contributed by atoms with E-state index in [1.54, 1.807) is 0 Å². The first kappa shape index (κ1) is 16.6. The number of hydrogen-bond donors (Lipinski definition) is 2. The molecule has 3 aliphatic rings. The predicted molar refractivity (Wildman–Crippen MR) is 100 cm³/mol. The van der Waals surface area contributed by atoms with Crippen LogP contribution in [0.2, 0.25) is 0 Å². The molecule has 1 aliphatic carbocycles. The summed E-state index contributed by atoms with van der Waals surface area (Å²) in [5.74, 6) is 0.270. The van der Waals surface area contributed by atoms with Crippen molar-refractivity contribution in [3.63, 3.8) is 0 Å². The van der Waals surface area contributed by atoms with Gasteiger partial charge >= 0.3 is 0 Å². The summed E-state index contributed by atoms with van der Waals surface area (Å²) >= 11 is 3.58. The van der Waals surface area contributed by atoms with Gasteiger partial charge < -0.3 is 10.6 Å². The fourth-order valence-electron chi connectivity index (χ4n) is 5.09. The van der Waals surface area contributed by atoms with Gasteiger partial charge in [-0.15, -0.1) is 0 Å². The summed E-state index contributed by atoms with van der Waals surface area (Å²) in [5.41, 5.74) is 0.859. The van der Waals surface area contributed by atoms with Crippen LogP contribution in [-0.2, 0) is 10.2 Å². The molecule has 1 aromatic carbocycles. The lowest BCUT2D eigenvalue weighted by Crippen LogP contribution is -2.53. The standard InChI is InChI=1S/C20H27BrN2O/c21-15-6-4-5-14(11-15)20(9-2-1-3-10-20)19(24)23-18-12-16-7-8-17(13-18)22-16/h4-6,11,16-18,22H,1-3,7-10,12-13H2,(H,23,24). The van der Waals surface area contributed by atoms with Gasteiger partial charge in [0.25, 0.3) is 0 Å². The Labute approximate surface area is 153 Å². The highest BCUT2D eigenvalue weighted by atomic mass is 79.9. The maximum absolute atomic E-state index is 13.4. The number of benzene rings is 1. The lowest BCUT2D eigenvalue weighted by atomic mass is 9.68. The zero-order valence-corrected chi connectivity index (χ0v) is 15.8. The Morgan fingerprint density at radius 3 is 2.50 bits per heavy atom. The Kier molecular flexibility index (Phi) is 4.70. The van der Waals surface area contributed by atoms with Crippen molar-refractivity contribution in [1.82, 2.24) is 10.6 Å². The van der Waals surface area contributed by atoms with E-state index in [2.05, 4.69) is 44.8 Å². The molecule has 0 aromatic heterocycles. The number of piperidine rings is 1. The van der Waals surface area contributed by atoms with Crippen molar-refractivity contribution < 1.29 is 4.79 Å². The van der Waals surface area contributed by atoms with Crippen LogP contribution in [0.1, 0.15) is 63.4 Å². The lowest BCUT2D eigenvalue weighted by Gasteiger charge is -2.39. The first-order valence-corrected chi connectivity index (χ1v) is 10.3. The smallest absolute Gasteiger partial charge is 0.230 e. The quantitative estimate of drug-likeness (QED) is 0.816. The molecule has 0 radical (unpaired) electrons. The molecule has 1 aromatic rings. The molecule has 1 saturated carbocycles.